The first-order valence-electron chi connectivity index (χ1n) is 19.4. The fourth-order valence-corrected chi connectivity index (χ4v) is 7.81. The number of ether oxygens (including phenoxy) is 1. The van der Waals surface area contributed by atoms with Crippen LogP contribution in [-0.4, -0.2) is 28.3 Å². The number of aliphatic hydroxyl groups excluding tert-OH is 1. The third-order valence-electron chi connectivity index (χ3n) is 10.6. The van der Waals surface area contributed by atoms with E-state index in [1.54, 1.807) is 36.4 Å². The molecule has 7 aromatic rings. The van der Waals surface area contributed by atoms with Gasteiger partial charge in [-0.05, 0) is 71.8 Å². The van der Waals surface area contributed by atoms with Gasteiger partial charge >= 0.3 is 0 Å². The number of rotatable bonds is 10. The third kappa shape index (κ3) is 6.74. The van der Waals surface area contributed by atoms with E-state index in [9.17, 15) is 20.1 Å². The van der Waals surface area contributed by atoms with Crippen LogP contribution in [0.15, 0.2) is 211 Å². The highest BCUT2D eigenvalue weighted by molar-refractivity contribution is 6.40. The van der Waals surface area contributed by atoms with Gasteiger partial charge in [0.1, 0.15) is 17.3 Å². The summed E-state index contributed by atoms with van der Waals surface area (Å²) in [7, 11) is 0. The Kier molecular flexibility index (Phi) is 9.69. The van der Waals surface area contributed by atoms with Gasteiger partial charge < -0.3 is 25.0 Å². The third-order valence-corrected chi connectivity index (χ3v) is 10.6. The standard InChI is InChI=1S/C52H38N2O5/c1-2-3-31-59-40-27-23-37(24-28-40)54(46-22-12-16-35-14-8-10-20-42(35)46)39-26-30-44(48(56)33-39)50-51(57)49(52(50)58)43-29-25-38(32-47(43)55)53(36-17-5-4-6-18-36)45-21-11-15-34-13-7-9-19-41(34)45/h2,4-30,32-33H,1,3,31H2,(H2,55,56,57,58). The average Bonchev–Trinajstić information content (AvgIpc) is 3.27. The Bertz CT molecular complexity index is 2960. The second kappa shape index (κ2) is 15.6. The van der Waals surface area contributed by atoms with Crippen LogP contribution in [0.3, 0.4) is 0 Å². The summed E-state index contributed by atoms with van der Waals surface area (Å²) in [6.45, 7) is 4.28. The van der Waals surface area contributed by atoms with Crippen molar-refractivity contribution in [3.05, 3.63) is 217 Å². The number of hydrogen-bond donors (Lipinski definition) is 2. The highest BCUT2D eigenvalue weighted by atomic mass is 16.5. The summed E-state index contributed by atoms with van der Waals surface area (Å²) in [5.41, 5.74) is 4.73. The zero-order valence-corrected chi connectivity index (χ0v) is 32.0. The molecule has 2 N–H and O–H groups in total. The van der Waals surface area contributed by atoms with Gasteiger partial charge in [-0.25, -0.2) is 0 Å². The molecule has 2 aliphatic rings. The van der Waals surface area contributed by atoms with Gasteiger partial charge in [-0.15, -0.1) is 6.58 Å². The maximum atomic E-state index is 13.9. The van der Waals surface area contributed by atoms with E-state index in [1.165, 1.54) is 0 Å². The molecule has 0 bridgehead atoms. The number of nitrogens with zero attached hydrogens (tertiary/aromatic N) is 2. The number of allylic oxidation sites excluding steroid dienone is 5. The van der Waals surface area contributed by atoms with Gasteiger partial charge in [-0.2, -0.15) is 4.58 Å². The lowest BCUT2D eigenvalue weighted by molar-refractivity contribution is -0.297. The molecule has 0 heterocycles. The Morgan fingerprint density at radius 3 is 2.07 bits per heavy atom. The van der Waals surface area contributed by atoms with Gasteiger partial charge in [0.2, 0.25) is 17.1 Å². The zero-order valence-electron chi connectivity index (χ0n) is 32.0. The van der Waals surface area contributed by atoms with Gasteiger partial charge in [-0.1, -0.05) is 96.8 Å². The Morgan fingerprint density at radius 1 is 0.695 bits per heavy atom. The monoisotopic (exact) mass is 770 g/mol. The van der Waals surface area contributed by atoms with Crippen LogP contribution in [0.5, 0.6) is 11.5 Å². The molecule has 0 saturated carbocycles. The molecule has 7 heteroatoms. The van der Waals surface area contributed by atoms with E-state index in [-0.39, 0.29) is 33.8 Å². The topological polar surface area (TPSA) is 96.1 Å². The molecule has 0 atom stereocenters. The van der Waals surface area contributed by atoms with Crippen LogP contribution in [0, 0.1) is 0 Å². The van der Waals surface area contributed by atoms with E-state index in [2.05, 4.69) is 24.8 Å². The number of carbonyl (C=O) groups is 1. The van der Waals surface area contributed by atoms with E-state index >= 15 is 0 Å². The zero-order chi connectivity index (χ0) is 40.5. The Morgan fingerprint density at radius 2 is 1.36 bits per heavy atom. The van der Waals surface area contributed by atoms with Crippen LogP contribution >= 0.6 is 0 Å². The molecule has 2 aliphatic carbocycles. The predicted octanol–water partition coefficient (Wildman–Crippen LogP) is 11.1. The molecule has 0 unspecified atom stereocenters. The number of carbonyl (C=O) groups excluding carboxylic acids is 1. The number of phenolic OH excluding ortho intramolecular Hbond substituents is 1. The van der Waals surface area contributed by atoms with Crippen molar-refractivity contribution in [1.29, 1.82) is 0 Å². The van der Waals surface area contributed by atoms with Crippen molar-refractivity contribution in [3.8, 4) is 11.5 Å². The van der Waals surface area contributed by atoms with Gasteiger partial charge in [0.05, 0.1) is 23.8 Å². The van der Waals surface area contributed by atoms with Crippen molar-refractivity contribution in [2.45, 2.75) is 6.42 Å². The molecular weight excluding hydrogens is 733 g/mol. The Labute approximate surface area is 341 Å². The number of fused-ring (bicyclic) bond motifs is 2. The number of anilines is 3. The number of aliphatic hydroxyl groups is 1. The van der Waals surface area contributed by atoms with Gasteiger partial charge in [-0.3, -0.25) is 4.79 Å². The van der Waals surface area contributed by atoms with Crippen molar-refractivity contribution >= 4 is 67.0 Å². The maximum absolute atomic E-state index is 13.9. The molecule has 286 valence electrons. The minimum Gasteiger partial charge on any atom is -0.871 e. The normalized spacial score (nSPS) is 15.9. The summed E-state index contributed by atoms with van der Waals surface area (Å²) in [4.78, 5) is 15.9. The predicted molar refractivity (Wildman–Crippen MR) is 236 cm³/mol. The molecule has 0 aliphatic heterocycles. The number of phenols is 1. The number of Topliss-reactive ketones (excluding diaryl/α,β-unsaturated/α-hetero) is 1. The van der Waals surface area contributed by atoms with Crippen LogP contribution in [0.2, 0.25) is 0 Å². The molecule has 7 aromatic carbocycles. The molecule has 0 aromatic heterocycles. The molecule has 0 spiro atoms. The SMILES string of the molecule is C=CCCOc1ccc(N(c2ccc(C3=C([O-])C(=C4C=CC(=[N+](c5ccccc5)c5cccc6ccccc56)C=C4O)C3=O)c(O)c2)c2cccc3ccccc23)cc1. The van der Waals surface area contributed by atoms with E-state index in [0.29, 0.717) is 18.0 Å². The smallest absolute Gasteiger partial charge is 0.219 e. The largest absolute Gasteiger partial charge is 0.871 e. The number of hydrogen-bond acceptors (Lipinski definition) is 6. The summed E-state index contributed by atoms with van der Waals surface area (Å²) in [6.07, 6.45) is 7.51. The fraction of sp³-hybridized carbons (Fsp3) is 0.0385. The number of ketones is 1. The Balaban J connectivity index is 1.08. The van der Waals surface area contributed by atoms with Gasteiger partial charge in [0.15, 0.2) is 5.78 Å². The van der Waals surface area contributed by atoms with Crippen LogP contribution in [-0.2, 0) is 4.79 Å². The molecule has 0 saturated heterocycles. The average molecular weight is 771 g/mol. The minimum atomic E-state index is -0.548. The van der Waals surface area contributed by atoms with Crippen molar-refractivity contribution < 1.29 is 24.9 Å². The first-order valence-corrected chi connectivity index (χ1v) is 19.4. The summed E-state index contributed by atoms with van der Waals surface area (Å²) in [6, 6.07) is 50.7. The first-order chi connectivity index (χ1) is 28.9. The fourth-order valence-electron chi connectivity index (χ4n) is 7.81. The lowest BCUT2D eigenvalue weighted by Gasteiger charge is -2.33. The van der Waals surface area contributed by atoms with Crippen molar-refractivity contribution in [3.63, 3.8) is 0 Å². The summed E-state index contributed by atoms with van der Waals surface area (Å²) < 4.78 is 7.90. The lowest BCUT2D eigenvalue weighted by atomic mass is 9.79. The number of benzene rings is 7. The van der Waals surface area contributed by atoms with Crippen LogP contribution in [0.4, 0.5) is 28.4 Å². The van der Waals surface area contributed by atoms with E-state index in [0.717, 1.165) is 56.5 Å². The Hall–Kier alpha value is -7.90. The highest BCUT2D eigenvalue weighted by Gasteiger charge is 2.35. The van der Waals surface area contributed by atoms with Gasteiger partial charge in [0.25, 0.3) is 0 Å². The van der Waals surface area contributed by atoms with Crippen LogP contribution in [0.1, 0.15) is 12.0 Å². The summed E-state index contributed by atoms with van der Waals surface area (Å²) >= 11 is 0. The van der Waals surface area contributed by atoms with Crippen molar-refractivity contribution in [2.24, 2.45) is 0 Å². The van der Waals surface area contributed by atoms with Crippen molar-refractivity contribution in [1.82, 2.24) is 4.58 Å². The van der Waals surface area contributed by atoms with Crippen LogP contribution in [0.25, 0.3) is 27.1 Å². The first kappa shape index (κ1) is 36.7. The number of para-hydroxylation sites is 1. The van der Waals surface area contributed by atoms with Gasteiger partial charge in [0, 0.05) is 69.4 Å². The molecule has 0 fully saturated rings. The second-order valence-corrected chi connectivity index (χ2v) is 14.2. The number of aromatic hydroxyl groups is 1. The van der Waals surface area contributed by atoms with E-state index in [1.807, 2.05) is 137 Å². The molecule has 7 nitrogen and oxygen atoms in total. The van der Waals surface area contributed by atoms with E-state index in [4.69, 9.17) is 4.74 Å². The van der Waals surface area contributed by atoms with E-state index < -0.39 is 11.5 Å². The quantitative estimate of drug-likeness (QED) is 0.0622. The minimum absolute atomic E-state index is 0.124. The molecule has 0 radical (unpaired) electrons. The molecule has 9 rings (SSSR count). The highest BCUT2D eigenvalue weighted by Crippen LogP contribution is 2.45. The summed E-state index contributed by atoms with van der Waals surface area (Å²) in [5.74, 6) is -0.806. The van der Waals surface area contributed by atoms with Crippen LogP contribution < -0.4 is 19.3 Å². The lowest BCUT2D eigenvalue weighted by Crippen LogP contribution is -2.31. The summed E-state index contributed by atoms with van der Waals surface area (Å²) in [5, 5.41) is 41.0. The maximum Gasteiger partial charge on any atom is 0.219 e. The molecule has 59 heavy (non-hydrogen) atoms. The molecule has 0 amide bonds. The van der Waals surface area contributed by atoms with Crippen molar-refractivity contribution in [2.75, 3.05) is 11.5 Å². The second-order valence-electron chi connectivity index (χ2n) is 14.2. The molecular formula is C52H38N2O5.